The molecule has 0 aromatic heterocycles. The number of alkyl carbamates (subject to hydrolysis) is 1. The van der Waals surface area contributed by atoms with Crippen LogP contribution in [0.5, 0.6) is 0 Å². The van der Waals surface area contributed by atoms with Crippen LogP contribution in [0, 0.1) is 0 Å². The van der Waals surface area contributed by atoms with Crippen LogP contribution in [0.25, 0.3) is 0 Å². The highest BCUT2D eigenvalue weighted by Gasteiger charge is 2.38. The zero-order valence-electron chi connectivity index (χ0n) is 18.3. The van der Waals surface area contributed by atoms with E-state index in [9.17, 15) is 9.90 Å². The molecule has 2 unspecified atom stereocenters. The van der Waals surface area contributed by atoms with Crippen LogP contribution < -0.4 is 5.32 Å². The minimum absolute atomic E-state index is 0.187. The van der Waals surface area contributed by atoms with Crippen molar-refractivity contribution in [2.75, 3.05) is 13.1 Å². The molecule has 162 valence electrons. The Bertz CT molecular complexity index is 804. The minimum atomic E-state index is -0.941. The second-order valence-electron chi connectivity index (χ2n) is 9.33. The fourth-order valence-corrected chi connectivity index (χ4v) is 4.03. The molecule has 0 radical (unpaired) electrons. The standard InChI is InChI=1S/C25H34N2O3/c1-24(2,3)30-23(28)26-19-25(29)14-15-27(18-21-12-8-5-9-13-21)22(17-25)16-20-10-6-4-7-11-20/h4-13,22,29H,14-19H2,1-3H3,(H,26,28). The zero-order valence-corrected chi connectivity index (χ0v) is 18.3. The molecule has 2 atom stereocenters. The van der Waals surface area contributed by atoms with E-state index in [4.69, 9.17) is 4.74 Å². The van der Waals surface area contributed by atoms with Gasteiger partial charge in [0.05, 0.1) is 5.60 Å². The summed E-state index contributed by atoms with van der Waals surface area (Å²) in [4.78, 5) is 14.5. The minimum Gasteiger partial charge on any atom is -0.444 e. The summed E-state index contributed by atoms with van der Waals surface area (Å²) in [6, 6.07) is 21.0. The number of hydrogen-bond acceptors (Lipinski definition) is 4. The van der Waals surface area contributed by atoms with Crippen molar-refractivity contribution in [2.45, 2.75) is 63.8 Å². The number of rotatable bonds is 6. The Labute approximate surface area is 180 Å². The first-order valence-corrected chi connectivity index (χ1v) is 10.7. The van der Waals surface area contributed by atoms with E-state index in [1.54, 1.807) is 0 Å². The molecule has 5 heteroatoms. The number of carbonyl (C=O) groups is 1. The summed E-state index contributed by atoms with van der Waals surface area (Å²) in [5.41, 5.74) is 1.03. The van der Waals surface area contributed by atoms with Crippen molar-refractivity contribution in [2.24, 2.45) is 0 Å². The Morgan fingerprint density at radius 1 is 1.10 bits per heavy atom. The van der Waals surface area contributed by atoms with Crippen LogP contribution in [-0.4, -0.2) is 46.4 Å². The summed E-state index contributed by atoms with van der Waals surface area (Å²) < 4.78 is 5.32. The molecule has 2 N–H and O–H groups in total. The molecule has 0 aliphatic carbocycles. The predicted octanol–water partition coefficient (Wildman–Crippen LogP) is 4.15. The fraction of sp³-hybridized carbons (Fsp3) is 0.480. The molecule has 5 nitrogen and oxygen atoms in total. The number of hydrogen-bond donors (Lipinski definition) is 2. The number of carbonyl (C=O) groups excluding carboxylic acids is 1. The Morgan fingerprint density at radius 2 is 1.70 bits per heavy atom. The van der Waals surface area contributed by atoms with E-state index < -0.39 is 17.3 Å². The lowest BCUT2D eigenvalue weighted by molar-refractivity contribution is -0.0491. The number of aliphatic hydroxyl groups is 1. The van der Waals surface area contributed by atoms with E-state index in [1.807, 2.05) is 32.9 Å². The molecule has 1 amide bonds. The zero-order chi connectivity index (χ0) is 21.6. The number of likely N-dealkylation sites (tertiary alicyclic amines) is 1. The molecule has 30 heavy (non-hydrogen) atoms. The van der Waals surface area contributed by atoms with Crippen LogP contribution in [0.15, 0.2) is 60.7 Å². The maximum Gasteiger partial charge on any atom is 0.407 e. The van der Waals surface area contributed by atoms with Crippen molar-refractivity contribution in [3.63, 3.8) is 0 Å². The van der Waals surface area contributed by atoms with Crippen molar-refractivity contribution in [3.8, 4) is 0 Å². The number of ether oxygens (including phenoxy) is 1. The van der Waals surface area contributed by atoms with E-state index in [0.29, 0.717) is 12.8 Å². The van der Waals surface area contributed by atoms with Crippen molar-refractivity contribution < 1.29 is 14.6 Å². The van der Waals surface area contributed by atoms with Gasteiger partial charge in [0.1, 0.15) is 5.60 Å². The maximum atomic E-state index is 12.1. The fourth-order valence-electron chi connectivity index (χ4n) is 4.03. The molecular formula is C25H34N2O3. The SMILES string of the molecule is CC(C)(C)OC(=O)NCC1(O)CCN(Cc2ccccc2)C(Cc2ccccc2)C1. The van der Waals surface area contributed by atoms with E-state index in [2.05, 4.69) is 58.7 Å². The van der Waals surface area contributed by atoms with Crippen molar-refractivity contribution in [1.82, 2.24) is 10.2 Å². The summed E-state index contributed by atoms with van der Waals surface area (Å²) in [5.74, 6) is 0. The monoisotopic (exact) mass is 410 g/mol. The van der Waals surface area contributed by atoms with Gasteiger partial charge in [-0.05, 0) is 51.2 Å². The average Bonchev–Trinajstić information content (AvgIpc) is 2.69. The largest absolute Gasteiger partial charge is 0.444 e. The van der Waals surface area contributed by atoms with Crippen LogP contribution in [0.1, 0.15) is 44.7 Å². The summed E-state index contributed by atoms with van der Waals surface area (Å²) >= 11 is 0. The van der Waals surface area contributed by atoms with Crippen LogP contribution in [0.4, 0.5) is 4.79 Å². The van der Waals surface area contributed by atoms with Crippen molar-refractivity contribution >= 4 is 6.09 Å². The first-order valence-electron chi connectivity index (χ1n) is 10.7. The number of nitrogens with one attached hydrogen (secondary N) is 1. The van der Waals surface area contributed by atoms with Gasteiger partial charge >= 0.3 is 6.09 Å². The van der Waals surface area contributed by atoms with Gasteiger partial charge in [-0.25, -0.2) is 4.79 Å². The predicted molar refractivity (Wildman–Crippen MR) is 119 cm³/mol. The molecule has 1 fully saturated rings. The molecule has 0 spiro atoms. The Morgan fingerprint density at radius 3 is 2.30 bits per heavy atom. The Kier molecular flexibility index (Phi) is 7.16. The number of nitrogens with zero attached hydrogens (tertiary/aromatic N) is 1. The molecule has 0 bridgehead atoms. The highest BCUT2D eigenvalue weighted by Crippen LogP contribution is 2.30. The summed E-state index contributed by atoms with van der Waals surface area (Å²) in [6.45, 7) is 7.33. The molecule has 1 aliphatic rings. The normalized spacial score (nSPS) is 22.5. The average molecular weight is 411 g/mol. The quantitative estimate of drug-likeness (QED) is 0.751. The van der Waals surface area contributed by atoms with E-state index in [1.165, 1.54) is 11.1 Å². The summed E-state index contributed by atoms with van der Waals surface area (Å²) in [5, 5.41) is 14.0. The topological polar surface area (TPSA) is 61.8 Å². The summed E-state index contributed by atoms with van der Waals surface area (Å²) in [6.07, 6.45) is 1.59. The number of benzene rings is 2. The van der Waals surface area contributed by atoms with Gasteiger partial charge in [0, 0.05) is 25.7 Å². The Hall–Kier alpha value is -2.37. The molecule has 1 aliphatic heterocycles. The molecule has 2 aromatic rings. The van der Waals surface area contributed by atoms with Gasteiger partial charge in [0.15, 0.2) is 0 Å². The van der Waals surface area contributed by atoms with Crippen LogP contribution in [0.2, 0.25) is 0 Å². The van der Waals surface area contributed by atoms with Gasteiger partial charge in [0.2, 0.25) is 0 Å². The van der Waals surface area contributed by atoms with Gasteiger partial charge in [-0.1, -0.05) is 60.7 Å². The maximum absolute atomic E-state index is 12.1. The second kappa shape index (κ2) is 9.63. The lowest BCUT2D eigenvalue weighted by Crippen LogP contribution is -2.55. The van der Waals surface area contributed by atoms with Crippen LogP contribution >= 0.6 is 0 Å². The van der Waals surface area contributed by atoms with Gasteiger partial charge in [-0.2, -0.15) is 0 Å². The molecule has 1 saturated heterocycles. The lowest BCUT2D eigenvalue weighted by Gasteiger charge is -2.44. The number of piperidine rings is 1. The molecule has 0 saturated carbocycles. The highest BCUT2D eigenvalue weighted by atomic mass is 16.6. The van der Waals surface area contributed by atoms with E-state index >= 15 is 0 Å². The van der Waals surface area contributed by atoms with Gasteiger partial charge in [-0.15, -0.1) is 0 Å². The first-order chi connectivity index (χ1) is 14.2. The number of amides is 1. The van der Waals surface area contributed by atoms with Gasteiger partial charge in [0.25, 0.3) is 0 Å². The third-order valence-electron chi connectivity index (χ3n) is 5.50. The molecule has 2 aromatic carbocycles. The third-order valence-corrected chi connectivity index (χ3v) is 5.50. The molecular weight excluding hydrogens is 376 g/mol. The Balaban J connectivity index is 1.68. The molecule has 1 heterocycles. The van der Waals surface area contributed by atoms with E-state index in [-0.39, 0.29) is 12.6 Å². The highest BCUT2D eigenvalue weighted by molar-refractivity contribution is 5.67. The second-order valence-corrected chi connectivity index (χ2v) is 9.33. The summed E-state index contributed by atoms with van der Waals surface area (Å²) in [7, 11) is 0. The lowest BCUT2D eigenvalue weighted by atomic mass is 9.83. The van der Waals surface area contributed by atoms with E-state index in [0.717, 1.165) is 19.5 Å². The van der Waals surface area contributed by atoms with Crippen LogP contribution in [-0.2, 0) is 17.7 Å². The van der Waals surface area contributed by atoms with Gasteiger partial charge < -0.3 is 15.2 Å². The first kappa shape index (κ1) is 22.3. The van der Waals surface area contributed by atoms with Crippen LogP contribution in [0.3, 0.4) is 0 Å². The third kappa shape index (κ3) is 6.85. The van der Waals surface area contributed by atoms with Gasteiger partial charge in [-0.3, -0.25) is 4.90 Å². The van der Waals surface area contributed by atoms with Crippen molar-refractivity contribution in [3.05, 3.63) is 71.8 Å². The smallest absolute Gasteiger partial charge is 0.407 e. The molecule has 3 rings (SSSR count). The van der Waals surface area contributed by atoms with Crippen molar-refractivity contribution in [1.29, 1.82) is 0 Å².